The van der Waals surface area contributed by atoms with Gasteiger partial charge < -0.3 is 34.3 Å². The highest BCUT2D eigenvalue weighted by atomic mass is 32.2. The fourth-order valence-corrected chi connectivity index (χ4v) is 13.4. The third-order valence-electron chi connectivity index (χ3n) is 15.9. The third kappa shape index (κ3) is 7.69. The number of nitrogens with zero attached hydrogens (tertiary/aromatic N) is 6. The van der Waals surface area contributed by atoms with Crippen LogP contribution in [0.25, 0.3) is 11.0 Å². The first kappa shape index (κ1) is 43.3. The van der Waals surface area contributed by atoms with Crippen molar-refractivity contribution in [2.45, 2.75) is 100 Å². The van der Waals surface area contributed by atoms with Crippen LogP contribution in [-0.2, 0) is 14.8 Å². The molecule has 1 amide bonds. The van der Waals surface area contributed by atoms with Gasteiger partial charge in [0, 0.05) is 73.7 Å². The second kappa shape index (κ2) is 16.6. The number of H-pyrrole nitrogens is 1. The molecule has 6 aliphatic heterocycles. The predicted molar refractivity (Wildman–Crippen MR) is 257 cm³/mol. The molecule has 0 radical (unpaired) electrons. The van der Waals surface area contributed by atoms with Crippen molar-refractivity contribution in [2.24, 2.45) is 5.41 Å². The lowest BCUT2D eigenvalue weighted by atomic mass is 9.59. The van der Waals surface area contributed by atoms with Gasteiger partial charge in [-0.1, -0.05) is 24.3 Å². The van der Waals surface area contributed by atoms with Gasteiger partial charge in [-0.2, -0.15) is 4.98 Å². The molecule has 1 saturated carbocycles. The molecular weight excluding hydrogens is 887 g/mol. The van der Waals surface area contributed by atoms with Gasteiger partial charge >= 0.3 is 0 Å². The Labute approximate surface area is 395 Å². The van der Waals surface area contributed by atoms with Crippen molar-refractivity contribution in [3.8, 4) is 11.6 Å². The largest absolute Gasteiger partial charge is 0.489 e. The molecule has 1 spiro atoms. The molecule has 12 rings (SSSR count). The maximum absolute atomic E-state index is 14.5. The molecule has 5 aromatic rings. The van der Waals surface area contributed by atoms with E-state index in [2.05, 4.69) is 60.9 Å². The number of aryl methyl sites for hydroxylation is 1. The Morgan fingerprint density at radius 2 is 1.84 bits per heavy atom. The van der Waals surface area contributed by atoms with E-state index in [1.807, 2.05) is 36.1 Å². The van der Waals surface area contributed by atoms with Gasteiger partial charge in [0.2, 0.25) is 5.88 Å². The van der Waals surface area contributed by atoms with Crippen molar-refractivity contribution in [2.75, 3.05) is 67.6 Å². The molecule has 5 fully saturated rings. The second-order valence-electron chi connectivity index (χ2n) is 20.2. The van der Waals surface area contributed by atoms with Crippen LogP contribution in [0.4, 0.5) is 28.4 Å². The Bertz CT molecular complexity index is 2930. The Hall–Kier alpha value is -5.95. The molecule has 356 valence electrons. The number of nitro groups is 1. The first-order chi connectivity index (χ1) is 32.9. The van der Waals surface area contributed by atoms with E-state index in [1.165, 1.54) is 42.9 Å². The van der Waals surface area contributed by atoms with Crippen LogP contribution in [-0.4, -0.2) is 122 Å². The van der Waals surface area contributed by atoms with Gasteiger partial charge in [-0.25, -0.2) is 13.1 Å². The van der Waals surface area contributed by atoms with E-state index in [0.29, 0.717) is 66.1 Å². The highest BCUT2D eigenvalue weighted by molar-refractivity contribution is 7.90. The number of hydrogen-bond donors (Lipinski definition) is 3. The number of carbonyl (C=O) groups excluding carboxylic acids is 1. The zero-order valence-corrected chi connectivity index (χ0v) is 39.2. The Morgan fingerprint density at radius 1 is 1.00 bits per heavy atom. The molecule has 5 atom stereocenters. The normalized spacial score (nSPS) is 25.6. The Kier molecular flexibility index (Phi) is 10.6. The lowest BCUT2D eigenvalue weighted by Crippen LogP contribution is -2.54. The van der Waals surface area contributed by atoms with Gasteiger partial charge in [-0.3, -0.25) is 24.7 Å². The number of carbonyl (C=O) groups is 1. The van der Waals surface area contributed by atoms with Crippen molar-refractivity contribution in [3.05, 3.63) is 99.7 Å². The number of aromatic amines is 1. The van der Waals surface area contributed by atoms with Crippen LogP contribution in [0.15, 0.2) is 77.8 Å². The minimum atomic E-state index is -4.66. The molecule has 3 N–H and O–H groups in total. The summed E-state index contributed by atoms with van der Waals surface area (Å²) in [4.78, 5) is 43.3. The smallest absolute Gasteiger partial charge is 0.297 e. The Balaban J connectivity index is 0.804. The summed E-state index contributed by atoms with van der Waals surface area (Å²) in [6, 6.07) is 21.6. The summed E-state index contributed by atoms with van der Waals surface area (Å²) in [5, 5.41) is 16.6. The minimum absolute atomic E-state index is 0.0327. The number of morpholine rings is 1. The second-order valence-corrected chi connectivity index (χ2v) is 21.9. The van der Waals surface area contributed by atoms with Crippen LogP contribution in [0, 0.1) is 22.5 Å². The number of anilines is 4. The van der Waals surface area contributed by atoms with E-state index in [9.17, 15) is 23.3 Å². The molecule has 2 bridgehead atoms. The summed E-state index contributed by atoms with van der Waals surface area (Å²) in [7, 11) is -4.66. The lowest BCUT2D eigenvalue weighted by Gasteiger charge is -2.56. The first-order valence-corrected chi connectivity index (χ1v) is 25.6. The van der Waals surface area contributed by atoms with E-state index in [0.717, 1.165) is 62.6 Å². The van der Waals surface area contributed by atoms with Gasteiger partial charge in [-0.05, 0) is 112 Å². The number of ether oxygens (including phenoxy) is 3. The topological polar surface area (TPSA) is 188 Å². The maximum Gasteiger partial charge on any atom is 0.297 e. The maximum atomic E-state index is 14.5. The molecule has 1 aliphatic carbocycles. The van der Waals surface area contributed by atoms with E-state index >= 15 is 0 Å². The van der Waals surface area contributed by atoms with E-state index in [4.69, 9.17) is 19.2 Å². The van der Waals surface area contributed by atoms with Crippen LogP contribution >= 0.6 is 0 Å². The monoisotopic (exact) mass is 943 g/mol. The fraction of sp³-hybridized carbons (Fsp3) is 0.480. The summed E-state index contributed by atoms with van der Waals surface area (Å²) in [5.74, 6) is -0.454. The van der Waals surface area contributed by atoms with Crippen LogP contribution < -0.4 is 29.3 Å². The van der Waals surface area contributed by atoms with Crippen molar-refractivity contribution in [1.82, 2.24) is 24.5 Å². The van der Waals surface area contributed by atoms with Crippen LogP contribution in [0.3, 0.4) is 0 Å². The molecule has 17 nitrogen and oxygen atoms in total. The number of aromatic nitrogens is 2. The highest BCUT2D eigenvalue weighted by Crippen LogP contribution is 2.54. The first-order valence-electron chi connectivity index (χ1n) is 24.1. The number of amides is 1. The summed E-state index contributed by atoms with van der Waals surface area (Å²) < 4.78 is 48.7. The highest BCUT2D eigenvalue weighted by Gasteiger charge is 2.50. The molecule has 3 aromatic carbocycles. The van der Waals surface area contributed by atoms with E-state index in [-0.39, 0.29) is 41.9 Å². The number of benzene rings is 3. The summed E-state index contributed by atoms with van der Waals surface area (Å²) in [6.07, 6.45) is 9.64. The number of fused-ring (bicyclic) bond motifs is 5. The number of likely N-dealkylation sites (tertiary alicyclic amines) is 2. The van der Waals surface area contributed by atoms with Crippen molar-refractivity contribution in [3.63, 3.8) is 0 Å². The average Bonchev–Trinajstić information content (AvgIpc) is 4.16. The van der Waals surface area contributed by atoms with Crippen LogP contribution in [0.2, 0.25) is 0 Å². The third-order valence-corrected chi connectivity index (χ3v) is 17.2. The number of sulfonamides is 1. The number of hydrogen-bond acceptors (Lipinski definition) is 14. The zero-order valence-electron chi connectivity index (χ0n) is 38.4. The number of nitrogens with one attached hydrogen (secondary N) is 3. The number of rotatable bonds is 10. The molecule has 7 aliphatic rings. The van der Waals surface area contributed by atoms with Gasteiger partial charge in [0.05, 0.1) is 46.4 Å². The summed E-state index contributed by atoms with van der Waals surface area (Å²) in [6.45, 7) is 9.63. The van der Waals surface area contributed by atoms with E-state index < -0.39 is 31.4 Å². The Morgan fingerprint density at radius 3 is 2.62 bits per heavy atom. The molecule has 68 heavy (non-hydrogen) atoms. The van der Waals surface area contributed by atoms with Crippen LogP contribution in [0.5, 0.6) is 11.6 Å². The molecule has 4 saturated heterocycles. The average molecular weight is 944 g/mol. The van der Waals surface area contributed by atoms with Crippen molar-refractivity contribution in [1.29, 1.82) is 0 Å². The van der Waals surface area contributed by atoms with Gasteiger partial charge in [0.25, 0.3) is 21.6 Å². The number of pyridine rings is 1. The van der Waals surface area contributed by atoms with Crippen molar-refractivity contribution < 1.29 is 32.3 Å². The SMILES string of the molecule is Cc1ccccc1[C@@H]1CCCN1C1CC2(CCN(c3ccc(C(=O)NS(=O)(=O)c4cc5c(c([N+](=O)[O-])c4)N[C@H](CN4C[C@@H]6C[C@H]4CO6)CO5)c(N4C[C@@H](C)Oc5nc6[nH]ccc6cc54)c3)CC2)C1. The lowest BCUT2D eigenvalue weighted by molar-refractivity contribution is -0.384. The fourth-order valence-electron chi connectivity index (χ4n) is 12.4. The molecule has 0 unspecified atom stereocenters. The van der Waals surface area contributed by atoms with Crippen molar-refractivity contribution >= 4 is 55.4 Å². The molecule has 8 heterocycles. The molecular formula is C50H57N9O8S. The minimum Gasteiger partial charge on any atom is -0.489 e. The zero-order chi connectivity index (χ0) is 46.5. The van der Waals surface area contributed by atoms with Gasteiger partial charge in [-0.15, -0.1) is 0 Å². The summed E-state index contributed by atoms with van der Waals surface area (Å²) in [5.41, 5.74) is 5.65. The molecule has 2 aromatic heterocycles. The standard InChI is InChI=1S/C50H57N9O8S/c1-30-6-3-4-7-39(30)41-8-5-15-57(41)36-23-50(24-36)12-16-55(17-13-50)34-9-10-40(42(20-34)58-25-31(2)67-49-44(58)18-32-11-14-51-47(32)53-49)48(60)54-68(63,64)38-21-43(59(61)62)46-45(22-38)66-28-33(52-46)26-56-27-37-19-35(56)29-65-37/h3-4,6-7,9-11,14,18,20-22,31,33,35-37,41,52H,5,8,12-13,15-17,19,23-29H2,1-2H3,(H,51,53)(H,54,60)/t31-,33-,35+,37+,41+/m1/s1. The predicted octanol–water partition coefficient (Wildman–Crippen LogP) is 7.05. The summed E-state index contributed by atoms with van der Waals surface area (Å²) >= 11 is 0. The quantitative estimate of drug-likeness (QED) is 0.0955. The van der Waals surface area contributed by atoms with Crippen LogP contribution in [0.1, 0.15) is 79.4 Å². The van der Waals surface area contributed by atoms with E-state index in [1.54, 1.807) is 12.3 Å². The number of nitro benzene ring substituents is 1. The van der Waals surface area contributed by atoms with Gasteiger partial charge in [0.15, 0.2) is 11.4 Å². The number of piperidine rings is 1. The van der Waals surface area contributed by atoms with Gasteiger partial charge in [0.1, 0.15) is 24.0 Å². The molecule has 18 heteroatoms.